The molecule has 2 aromatic heterocycles. The second-order valence-corrected chi connectivity index (χ2v) is 4.68. The Balaban J connectivity index is 2.02. The van der Waals surface area contributed by atoms with Crippen LogP contribution in [-0.2, 0) is 5.75 Å². The zero-order chi connectivity index (χ0) is 11.5. The molecule has 0 bridgehead atoms. The van der Waals surface area contributed by atoms with E-state index in [4.69, 9.17) is 16.0 Å². The summed E-state index contributed by atoms with van der Waals surface area (Å²) >= 11 is 7.31. The lowest BCUT2D eigenvalue weighted by Crippen LogP contribution is -1.86. The molecular formula is C11H11ClN2OS. The number of hydrogen-bond acceptors (Lipinski definition) is 4. The van der Waals surface area contributed by atoms with Gasteiger partial charge in [-0.1, -0.05) is 29.4 Å². The molecular weight excluding hydrogens is 244 g/mol. The number of aryl methyl sites for hydroxylation is 2. The fraction of sp³-hybridized carbons (Fsp3) is 0.273. The number of thioether (sulfide) groups is 1. The van der Waals surface area contributed by atoms with E-state index >= 15 is 0 Å². The zero-order valence-corrected chi connectivity index (χ0v) is 10.6. The van der Waals surface area contributed by atoms with Gasteiger partial charge in [0.15, 0.2) is 0 Å². The van der Waals surface area contributed by atoms with Gasteiger partial charge in [0, 0.05) is 5.75 Å². The molecule has 3 nitrogen and oxygen atoms in total. The first-order valence-corrected chi connectivity index (χ1v) is 6.20. The van der Waals surface area contributed by atoms with Gasteiger partial charge in [0.05, 0.1) is 11.4 Å². The summed E-state index contributed by atoms with van der Waals surface area (Å²) in [6.07, 6.45) is 0. The summed E-state index contributed by atoms with van der Waals surface area (Å²) in [5.41, 5.74) is 1.85. The monoisotopic (exact) mass is 254 g/mol. The van der Waals surface area contributed by atoms with Gasteiger partial charge >= 0.3 is 0 Å². The van der Waals surface area contributed by atoms with Crippen LogP contribution in [0.4, 0.5) is 0 Å². The van der Waals surface area contributed by atoms with Gasteiger partial charge in [-0.25, -0.2) is 9.97 Å². The summed E-state index contributed by atoms with van der Waals surface area (Å²) in [5.74, 6) is 1.57. The van der Waals surface area contributed by atoms with E-state index in [2.05, 4.69) is 9.97 Å². The Morgan fingerprint density at radius 2 is 2.12 bits per heavy atom. The molecule has 0 saturated carbocycles. The molecule has 0 spiro atoms. The van der Waals surface area contributed by atoms with E-state index < -0.39 is 0 Å². The standard InChI is InChI=1S/C11H11ClN2OS/c1-7-8(2)15-11(13-7)16-6-9-4-3-5-10(12)14-9/h3-5H,6H2,1-2H3. The third kappa shape index (κ3) is 2.77. The molecule has 0 N–H and O–H groups in total. The highest BCUT2D eigenvalue weighted by Gasteiger charge is 2.06. The molecule has 0 amide bonds. The lowest BCUT2D eigenvalue weighted by atomic mass is 10.4. The van der Waals surface area contributed by atoms with Crippen LogP contribution in [-0.4, -0.2) is 9.97 Å². The van der Waals surface area contributed by atoms with Crippen molar-refractivity contribution in [3.05, 3.63) is 40.5 Å². The van der Waals surface area contributed by atoms with Crippen LogP contribution in [0.25, 0.3) is 0 Å². The van der Waals surface area contributed by atoms with Crippen molar-refractivity contribution in [2.45, 2.75) is 24.8 Å². The lowest BCUT2D eigenvalue weighted by Gasteiger charge is -1.97. The summed E-state index contributed by atoms with van der Waals surface area (Å²) in [6, 6.07) is 5.58. The number of oxazole rings is 1. The van der Waals surface area contributed by atoms with Crippen LogP contribution in [0.3, 0.4) is 0 Å². The Bertz CT molecular complexity index is 479. The minimum atomic E-state index is 0.512. The molecule has 0 fully saturated rings. The van der Waals surface area contributed by atoms with Crippen LogP contribution in [0.5, 0.6) is 0 Å². The van der Waals surface area contributed by atoms with Crippen LogP contribution in [0, 0.1) is 13.8 Å². The summed E-state index contributed by atoms with van der Waals surface area (Å²) in [4.78, 5) is 8.48. The number of pyridine rings is 1. The first-order chi connectivity index (χ1) is 7.65. The smallest absolute Gasteiger partial charge is 0.256 e. The minimum absolute atomic E-state index is 0.512. The Morgan fingerprint density at radius 3 is 2.75 bits per heavy atom. The van der Waals surface area contributed by atoms with Gasteiger partial charge in [0.2, 0.25) is 0 Å². The summed E-state index contributed by atoms with van der Waals surface area (Å²) < 4.78 is 5.46. The maximum absolute atomic E-state index is 5.80. The molecule has 2 heterocycles. The molecule has 0 aliphatic rings. The zero-order valence-electron chi connectivity index (χ0n) is 9.03. The van der Waals surface area contributed by atoms with Crippen LogP contribution >= 0.6 is 23.4 Å². The predicted octanol–water partition coefficient (Wildman–Crippen LogP) is 3.63. The molecule has 2 rings (SSSR count). The topological polar surface area (TPSA) is 38.9 Å². The van der Waals surface area contributed by atoms with E-state index in [9.17, 15) is 0 Å². The largest absolute Gasteiger partial charge is 0.437 e. The minimum Gasteiger partial charge on any atom is -0.437 e. The van der Waals surface area contributed by atoms with Crippen LogP contribution in [0.2, 0.25) is 5.15 Å². The van der Waals surface area contributed by atoms with E-state index in [0.29, 0.717) is 16.1 Å². The third-order valence-corrected chi connectivity index (χ3v) is 3.20. The molecule has 0 aliphatic carbocycles. The van der Waals surface area contributed by atoms with Crippen molar-refractivity contribution >= 4 is 23.4 Å². The van der Waals surface area contributed by atoms with E-state index in [1.807, 2.05) is 26.0 Å². The second kappa shape index (κ2) is 4.89. The number of hydrogen-bond donors (Lipinski definition) is 0. The Hall–Kier alpha value is -1.00. The van der Waals surface area contributed by atoms with Gasteiger partial charge in [0.25, 0.3) is 5.22 Å². The van der Waals surface area contributed by atoms with Crippen molar-refractivity contribution in [3.63, 3.8) is 0 Å². The molecule has 0 aromatic carbocycles. The van der Waals surface area contributed by atoms with Crippen molar-refractivity contribution < 1.29 is 4.42 Å². The van der Waals surface area contributed by atoms with Crippen molar-refractivity contribution in [1.29, 1.82) is 0 Å². The average molecular weight is 255 g/mol. The first-order valence-electron chi connectivity index (χ1n) is 4.83. The Kier molecular flexibility index (Phi) is 3.51. The maximum Gasteiger partial charge on any atom is 0.256 e. The fourth-order valence-corrected chi connectivity index (χ4v) is 2.17. The van der Waals surface area contributed by atoms with Gasteiger partial charge in [-0.05, 0) is 26.0 Å². The van der Waals surface area contributed by atoms with Gasteiger partial charge in [-0.3, -0.25) is 0 Å². The highest BCUT2D eigenvalue weighted by Crippen LogP contribution is 2.23. The summed E-state index contributed by atoms with van der Waals surface area (Å²) in [6.45, 7) is 3.84. The van der Waals surface area contributed by atoms with E-state index in [1.54, 1.807) is 6.07 Å². The molecule has 16 heavy (non-hydrogen) atoms. The van der Waals surface area contributed by atoms with Crippen molar-refractivity contribution in [2.24, 2.45) is 0 Å². The van der Waals surface area contributed by atoms with Gasteiger partial charge in [0.1, 0.15) is 10.9 Å². The average Bonchev–Trinajstić information content (AvgIpc) is 2.56. The van der Waals surface area contributed by atoms with Gasteiger partial charge in [-0.15, -0.1) is 0 Å². The SMILES string of the molecule is Cc1nc(SCc2cccc(Cl)n2)oc1C. The highest BCUT2D eigenvalue weighted by molar-refractivity contribution is 7.98. The number of halogens is 1. The van der Waals surface area contributed by atoms with Gasteiger partial charge in [-0.2, -0.15) is 0 Å². The van der Waals surface area contributed by atoms with Crippen molar-refractivity contribution in [3.8, 4) is 0 Å². The molecule has 84 valence electrons. The quantitative estimate of drug-likeness (QED) is 0.619. The molecule has 2 aromatic rings. The van der Waals surface area contributed by atoms with Crippen molar-refractivity contribution in [2.75, 3.05) is 0 Å². The highest BCUT2D eigenvalue weighted by atomic mass is 35.5. The van der Waals surface area contributed by atoms with Gasteiger partial charge < -0.3 is 4.42 Å². The van der Waals surface area contributed by atoms with E-state index in [1.165, 1.54) is 11.8 Å². The molecule has 0 radical (unpaired) electrons. The van der Waals surface area contributed by atoms with Crippen LogP contribution < -0.4 is 0 Å². The molecule has 0 aliphatic heterocycles. The fourth-order valence-electron chi connectivity index (χ4n) is 1.17. The molecule has 5 heteroatoms. The number of nitrogens with zero attached hydrogens (tertiary/aromatic N) is 2. The number of rotatable bonds is 3. The molecule has 0 unspecified atom stereocenters. The summed E-state index contributed by atoms with van der Waals surface area (Å²) in [5, 5.41) is 1.19. The molecule has 0 atom stereocenters. The van der Waals surface area contributed by atoms with Crippen LogP contribution in [0.15, 0.2) is 27.8 Å². The number of aromatic nitrogens is 2. The second-order valence-electron chi connectivity index (χ2n) is 3.36. The first kappa shape index (κ1) is 11.5. The maximum atomic E-state index is 5.80. The summed E-state index contributed by atoms with van der Waals surface area (Å²) in [7, 11) is 0. The third-order valence-electron chi connectivity index (χ3n) is 2.13. The normalized spacial score (nSPS) is 10.7. The Labute approximate surface area is 103 Å². The van der Waals surface area contributed by atoms with E-state index in [-0.39, 0.29) is 0 Å². The predicted molar refractivity (Wildman–Crippen MR) is 64.8 cm³/mol. The van der Waals surface area contributed by atoms with E-state index in [0.717, 1.165) is 17.1 Å². The van der Waals surface area contributed by atoms with Crippen molar-refractivity contribution in [1.82, 2.24) is 9.97 Å². The van der Waals surface area contributed by atoms with Crippen LogP contribution in [0.1, 0.15) is 17.1 Å². The Morgan fingerprint density at radius 1 is 1.31 bits per heavy atom. The lowest BCUT2D eigenvalue weighted by molar-refractivity contribution is 0.431. The molecule has 0 saturated heterocycles.